The molecule has 20 heavy (non-hydrogen) atoms. The highest BCUT2D eigenvalue weighted by molar-refractivity contribution is 8.00. The molecule has 0 aliphatic heterocycles. The van der Waals surface area contributed by atoms with Gasteiger partial charge in [0, 0.05) is 17.0 Å². The van der Waals surface area contributed by atoms with Crippen molar-refractivity contribution in [2.45, 2.75) is 44.7 Å². The van der Waals surface area contributed by atoms with Gasteiger partial charge in [-0.2, -0.15) is 0 Å². The van der Waals surface area contributed by atoms with Crippen LogP contribution in [-0.4, -0.2) is 24.7 Å². The summed E-state index contributed by atoms with van der Waals surface area (Å²) in [5.74, 6) is 1.04. The second kappa shape index (κ2) is 8.32. The van der Waals surface area contributed by atoms with Crippen molar-refractivity contribution in [3.8, 4) is 0 Å². The molecule has 0 saturated heterocycles. The number of hydrogen-bond donors (Lipinski definition) is 2. The van der Waals surface area contributed by atoms with Gasteiger partial charge in [0.05, 0.1) is 5.75 Å². The maximum Gasteiger partial charge on any atom is 0.230 e. The van der Waals surface area contributed by atoms with Gasteiger partial charge in [-0.3, -0.25) is 4.79 Å². The van der Waals surface area contributed by atoms with Crippen LogP contribution >= 0.6 is 11.8 Å². The third-order valence-corrected chi connectivity index (χ3v) is 4.58. The molecule has 1 rings (SSSR count). The number of carbonyl (C=O) groups excluding carboxylic acids is 1. The Labute approximate surface area is 126 Å². The van der Waals surface area contributed by atoms with E-state index < -0.39 is 0 Å². The van der Waals surface area contributed by atoms with Gasteiger partial charge >= 0.3 is 0 Å². The molecule has 1 aromatic rings. The van der Waals surface area contributed by atoms with Gasteiger partial charge in [-0.25, -0.2) is 0 Å². The van der Waals surface area contributed by atoms with Crippen LogP contribution in [0, 0.1) is 5.92 Å². The Morgan fingerprint density at radius 2 is 1.75 bits per heavy atom. The Hall–Kier alpha value is -1.00. The summed E-state index contributed by atoms with van der Waals surface area (Å²) in [6.07, 6.45) is 0. The predicted octanol–water partition coefficient (Wildman–Crippen LogP) is 3.22. The van der Waals surface area contributed by atoms with Gasteiger partial charge < -0.3 is 10.6 Å². The highest BCUT2D eigenvalue weighted by atomic mass is 32.2. The Morgan fingerprint density at radius 3 is 2.25 bits per heavy atom. The van der Waals surface area contributed by atoms with Crippen molar-refractivity contribution in [2.75, 3.05) is 12.8 Å². The van der Waals surface area contributed by atoms with Gasteiger partial charge in [-0.1, -0.05) is 26.0 Å². The molecule has 0 bridgehead atoms. The maximum absolute atomic E-state index is 11.8. The van der Waals surface area contributed by atoms with E-state index in [0.29, 0.717) is 17.7 Å². The lowest BCUT2D eigenvalue weighted by Gasteiger charge is -2.17. The molecule has 3 nitrogen and oxygen atoms in total. The first kappa shape index (κ1) is 17.1. The summed E-state index contributed by atoms with van der Waals surface area (Å²) < 4.78 is 0. The molecule has 4 heteroatoms. The third kappa shape index (κ3) is 5.55. The number of thioether (sulfide) groups is 1. The van der Waals surface area contributed by atoms with Gasteiger partial charge in [0.2, 0.25) is 5.91 Å². The number of hydrogen-bond acceptors (Lipinski definition) is 3. The molecule has 0 aromatic heterocycles. The normalized spacial score (nSPS) is 14.1. The van der Waals surface area contributed by atoms with E-state index in [9.17, 15) is 4.79 Å². The molecule has 112 valence electrons. The molecule has 1 amide bonds. The van der Waals surface area contributed by atoms with Crippen LogP contribution in [0.1, 0.15) is 39.3 Å². The highest BCUT2D eigenvalue weighted by Gasteiger charge is 2.11. The smallest absolute Gasteiger partial charge is 0.230 e. The van der Waals surface area contributed by atoms with Crippen molar-refractivity contribution in [1.29, 1.82) is 0 Å². The first-order valence-corrected chi connectivity index (χ1v) is 8.12. The van der Waals surface area contributed by atoms with Crippen molar-refractivity contribution in [3.05, 3.63) is 29.8 Å². The molecular formula is C16H26N2OS. The summed E-state index contributed by atoms with van der Waals surface area (Å²) in [6.45, 7) is 8.39. The predicted molar refractivity (Wildman–Crippen MR) is 87.1 cm³/mol. The molecule has 0 spiro atoms. The Balaban J connectivity index is 2.44. The fourth-order valence-corrected chi connectivity index (χ4v) is 2.34. The monoisotopic (exact) mass is 294 g/mol. The number of nitrogens with one attached hydrogen (secondary N) is 2. The molecule has 2 atom stereocenters. The van der Waals surface area contributed by atoms with Crippen molar-refractivity contribution in [1.82, 2.24) is 10.6 Å². The topological polar surface area (TPSA) is 41.1 Å². The van der Waals surface area contributed by atoms with Gasteiger partial charge in [0.1, 0.15) is 0 Å². The summed E-state index contributed by atoms with van der Waals surface area (Å²) in [7, 11) is 1.95. The van der Waals surface area contributed by atoms with Crippen molar-refractivity contribution >= 4 is 17.7 Å². The minimum Gasteiger partial charge on any atom is -0.353 e. The summed E-state index contributed by atoms with van der Waals surface area (Å²) >= 11 is 1.58. The van der Waals surface area contributed by atoms with Gasteiger partial charge in [-0.15, -0.1) is 11.8 Å². The van der Waals surface area contributed by atoms with E-state index >= 15 is 0 Å². The van der Waals surface area contributed by atoms with E-state index in [-0.39, 0.29) is 11.9 Å². The summed E-state index contributed by atoms with van der Waals surface area (Å²) in [5.41, 5.74) is 1.26. The van der Waals surface area contributed by atoms with E-state index in [2.05, 4.69) is 55.7 Å². The summed E-state index contributed by atoms with van der Waals surface area (Å²) in [6, 6.07) is 8.95. The summed E-state index contributed by atoms with van der Waals surface area (Å²) in [4.78, 5) is 12.9. The van der Waals surface area contributed by atoms with Crippen molar-refractivity contribution in [3.63, 3.8) is 0 Å². The van der Waals surface area contributed by atoms with Crippen LogP contribution in [0.15, 0.2) is 29.2 Å². The number of carbonyl (C=O) groups is 1. The lowest BCUT2D eigenvalue weighted by atomic mass is 10.1. The van der Waals surface area contributed by atoms with Gasteiger partial charge in [0.15, 0.2) is 0 Å². The minimum atomic E-state index is 0.101. The molecule has 0 radical (unpaired) electrons. The van der Waals surface area contributed by atoms with Gasteiger partial charge in [-0.05, 0) is 44.5 Å². The average Bonchev–Trinajstić information content (AvgIpc) is 2.44. The molecule has 1 aromatic carbocycles. The molecule has 0 aliphatic carbocycles. The second-order valence-corrected chi connectivity index (χ2v) is 6.52. The first-order valence-electron chi connectivity index (χ1n) is 7.13. The minimum absolute atomic E-state index is 0.101. The summed E-state index contributed by atoms with van der Waals surface area (Å²) in [5, 5.41) is 6.23. The number of benzene rings is 1. The lowest BCUT2D eigenvalue weighted by Crippen LogP contribution is -2.37. The Bertz CT molecular complexity index is 417. The lowest BCUT2D eigenvalue weighted by molar-refractivity contribution is -0.119. The van der Waals surface area contributed by atoms with Crippen LogP contribution in [0.3, 0.4) is 0 Å². The number of amides is 1. The Kier molecular flexibility index (Phi) is 7.10. The van der Waals surface area contributed by atoms with Gasteiger partial charge in [0.25, 0.3) is 0 Å². The molecule has 0 fully saturated rings. The number of rotatable bonds is 7. The SMILES string of the molecule is CNC(C)c1ccc(SCC(=O)NC(C)C(C)C)cc1. The molecule has 2 unspecified atom stereocenters. The third-order valence-electron chi connectivity index (χ3n) is 3.57. The first-order chi connectivity index (χ1) is 9.43. The van der Waals surface area contributed by atoms with E-state index in [1.165, 1.54) is 5.56 Å². The molecule has 2 N–H and O–H groups in total. The van der Waals surface area contributed by atoms with E-state index in [1.807, 2.05) is 14.0 Å². The zero-order valence-electron chi connectivity index (χ0n) is 13.1. The van der Waals surface area contributed by atoms with Crippen LogP contribution in [0.25, 0.3) is 0 Å². The molecule has 0 heterocycles. The zero-order chi connectivity index (χ0) is 15.1. The molecule has 0 saturated carbocycles. The van der Waals surface area contributed by atoms with Crippen molar-refractivity contribution in [2.24, 2.45) is 5.92 Å². The van der Waals surface area contributed by atoms with E-state index in [0.717, 1.165) is 4.90 Å². The fraction of sp³-hybridized carbons (Fsp3) is 0.562. The standard InChI is InChI=1S/C16H26N2OS/c1-11(2)12(3)18-16(19)10-20-15-8-6-14(7-9-15)13(4)17-5/h6-9,11-13,17H,10H2,1-5H3,(H,18,19). The van der Waals surface area contributed by atoms with Crippen LogP contribution < -0.4 is 10.6 Å². The second-order valence-electron chi connectivity index (χ2n) is 5.47. The van der Waals surface area contributed by atoms with Crippen LogP contribution in [0.5, 0.6) is 0 Å². The molecular weight excluding hydrogens is 268 g/mol. The maximum atomic E-state index is 11.8. The van der Waals surface area contributed by atoms with Crippen LogP contribution in [-0.2, 0) is 4.79 Å². The highest BCUT2D eigenvalue weighted by Crippen LogP contribution is 2.20. The average molecular weight is 294 g/mol. The van der Waals surface area contributed by atoms with Crippen molar-refractivity contribution < 1.29 is 4.79 Å². The van der Waals surface area contributed by atoms with Crippen LogP contribution in [0.2, 0.25) is 0 Å². The quantitative estimate of drug-likeness (QED) is 0.759. The van der Waals surface area contributed by atoms with E-state index in [4.69, 9.17) is 0 Å². The molecule has 0 aliphatic rings. The zero-order valence-corrected chi connectivity index (χ0v) is 13.9. The van der Waals surface area contributed by atoms with Crippen LogP contribution in [0.4, 0.5) is 0 Å². The Morgan fingerprint density at radius 1 is 1.15 bits per heavy atom. The van der Waals surface area contributed by atoms with E-state index in [1.54, 1.807) is 11.8 Å². The fourth-order valence-electron chi connectivity index (χ4n) is 1.63. The largest absolute Gasteiger partial charge is 0.353 e.